The van der Waals surface area contributed by atoms with E-state index in [1.165, 1.54) is 0 Å². The third-order valence-corrected chi connectivity index (χ3v) is 4.45. The quantitative estimate of drug-likeness (QED) is 0.607. The average Bonchev–Trinajstić information content (AvgIpc) is 2.76. The van der Waals surface area contributed by atoms with Gasteiger partial charge in [-0.1, -0.05) is 19.9 Å². The van der Waals surface area contributed by atoms with E-state index in [-0.39, 0.29) is 18.4 Å². The summed E-state index contributed by atoms with van der Waals surface area (Å²) in [4.78, 5) is 26.5. The first kappa shape index (κ1) is 22.2. The number of ether oxygens (including phenoxy) is 2. The minimum absolute atomic E-state index is 0.124. The third-order valence-electron chi connectivity index (χ3n) is 4.45. The maximum Gasteiger partial charge on any atom is 0.262 e. The van der Waals surface area contributed by atoms with Gasteiger partial charge in [-0.3, -0.25) is 9.59 Å². The predicted octanol–water partition coefficient (Wildman–Crippen LogP) is 2.78. The van der Waals surface area contributed by atoms with Crippen molar-refractivity contribution in [2.24, 2.45) is 0 Å². The molecule has 2 aromatic carbocycles. The molecule has 0 radical (unpaired) electrons. The van der Waals surface area contributed by atoms with Gasteiger partial charge in [-0.2, -0.15) is 0 Å². The molecule has 0 heterocycles. The van der Waals surface area contributed by atoms with Gasteiger partial charge < -0.3 is 25.0 Å². The molecule has 0 spiro atoms. The van der Waals surface area contributed by atoms with Gasteiger partial charge >= 0.3 is 0 Å². The number of carbonyl (C=O) groups excluding carboxylic acids is 2. The van der Waals surface area contributed by atoms with E-state index in [0.29, 0.717) is 29.3 Å². The van der Waals surface area contributed by atoms with Crippen LogP contribution in [0.25, 0.3) is 0 Å². The molecule has 0 aliphatic heterocycles. The number of likely N-dealkylation sites (N-methyl/N-ethyl adjacent to an activating group) is 1. The molecule has 0 saturated carbocycles. The summed E-state index contributed by atoms with van der Waals surface area (Å²) >= 11 is 0. The molecule has 0 aromatic heterocycles. The van der Waals surface area contributed by atoms with Gasteiger partial charge in [-0.25, -0.2) is 0 Å². The summed E-state index contributed by atoms with van der Waals surface area (Å²) < 4.78 is 10.6. The number of carbonyl (C=O) groups is 2. The summed E-state index contributed by atoms with van der Waals surface area (Å²) in [6.07, 6.45) is 0. The van der Waals surface area contributed by atoms with E-state index in [2.05, 4.69) is 29.4 Å². The van der Waals surface area contributed by atoms with Gasteiger partial charge in [0.25, 0.3) is 11.8 Å². The van der Waals surface area contributed by atoms with Crippen LogP contribution in [0.3, 0.4) is 0 Å². The molecule has 2 rings (SSSR count). The van der Waals surface area contributed by atoms with E-state index < -0.39 is 0 Å². The molecule has 156 valence electrons. The Morgan fingerprint density at radius 1 is 1.00 bits per heavy atom. The Kier molecular flexibility index (Phi) is 8.98. The fourth-order valence-electron chi connectivity index (χ4n) is 2.71. The summed E-state index contributed by atoms with van der Waals surface area (Å²) in [6.45, 7) is 7.41. The Hall–Kier alpha value is -3.06. The molecule has 0 atom stereocenters. The lowest BCUT2D eigenvalue weighted by atomic mass is 10.2. The van der Waals surface area contributed by atoms with E-state index in [9.17, 15) is 9.59 Å². The van der Waals surface area contributed by atoms with Crippen molar-refractivity contribution in [3.63, 3.8) is 0 Å². The Balaban J connectivity index is 1.78. The van der Waals surface area contributed by atoms with Gasteiger partial charge in [0.15, 0.2) is 6.61 Å². The third kappa shape index (κ3) is 7.46. The average molecular weight is 399 g/mol. The summed E-state index contributed by atoms with van der Waals surface area (Å²) in [5, 5.41) is 5.65. The van der Waals surface area contributed by atoms with Crippen molar-refractivity contribution in [1.29, 1.82) is 0 Å². The van der Waals surface area contributed by atoms with Gasteiger partial charge in [0.05, 0.1) is 7.11 Å². The zero-order valence-electron chi connectivity index (χ0n) is 17.2. The van der Waals surface area contributed by atoms with Crippen LogP contribution in [-0.4, -0.2) is 56.6 Å². The van der Waals surface area contributed by atoms with Crippen LogP contribution >= 0.6 is 0 Å². The van der Waals surface area contributed by atoms with Crippen LogP contribution in [-0.2, 0) is 4.79 Å². The van der Waals surface area contributed by atoms with E-state index >= 15 is 0 Å². The number of nitrogens with one attached hydrogen (secondary N) is 2. The van der Waals surface area contributed by atoms with Crippen LogP contribution in [0.5, 0.6) is 11.5 Å². The molecule has 7 nitrogen and oxygen atoms in total. The van der Waals surface area contributed by atoms with Crippen molar-refractivity contribution in [1.82, 2.24) is 10.2 Å². The smallest absolute Gasteiger partial charge is 0.262 e. The van der Waals surface area contributed by atoms with Crippen LogP contribution in [0.1, 0.15) is 24.2 Å². The molecular formula is C22H29N3O4. The topological polar surface area (TPSA) is 79.9 Å². The van der Waals surface area contributed by atoms with Crippen LogP contribution in [0, 0.1) is 0 Å². The lowest BCUT2D eigenvalue weighted by Crippen LogP contribution is -2.34. The number of hydrogen-bond acceptors (Lipinski definition) is 5. The van der Waals surface area contributed by atoms with E-state index in [0.717, 1.165) is 19.6 Å². The normalized spacial score (nSPS) is 10.5. The molecule has 2 amide bonds. The Morgan fingerprint density at radius 2 is 1.69 bits per heavy atom. The second-order valence-corrected chi connectivity index (χ2v) is 6.38. The van der Waals surface area contributed by atoms with Crippen molar-refractivity contribution in [2.45, 2.75) is 13.8 Å². The number of anilines is 1. The zero-order chi connectivity index (χ0) is 21.1. The number of rotatable bonds is 11. The molecule has 0 aliphatic rings. The second kappa shape index (κ2) is 11.7. The predicted molar refractivity (Wildman–Crippen MR) is 114 cm³/mol. The largest absolute Gasteiger partial charge is 0.497 e. The van der Waals surface area contributed by atoms with Crippen molar-refractivity contribution >= 4 is 17.5 Å². The lowest BCUT2D eigenvalue weighted by molar-refractivity contribution is -0.118. The van der Waals surface area contributed by atoms with Crippen LogP contribution in [0.15, 0.2) is 48.5 Å². The number of methoxy groups -OCH3 is 1. The fraction of sp³-hybridized carbons (Fsp3) is 0.364. The second-order valence-electron chi connectivity index (χ2n) is 6.38. The van der Waals surface area contributed by atoms with Gasteiger partial charge in [0.1, 0.15) is 11.5 Å². The number of nitrogens with zero attached hydrogens (tertiary/aromatic N) is 1. The molecule has 0 aliphatic carbocycles. The van der Waals surface area contributed by atoms with E-state index in [4.69, 9.17) is 9.47 Å². The number of benzene rings is 2. The zero-order valence-corrected chi connectivity index (χ0v) is 17.2. The molecule has 0 unspecified atom stereocenters. The highest BCUT2D eigenvalue weighted by molar-refractivity contribution is 5.96. The minimum Gasteiger partial charge on any atom is -0.497 e. The standard InChI is InChI=1S/C22H29N3O4/c1-4-25(5-2)14-13-23-22(27)17-9-11-18(12-10-17)24-21(26)16-29-20-8-6-7-19(15-20)28-3/h6-12,15H,4-5,13-14,16H2,1-3H3,(H,23,27)(H,24,26). The maximum absolute atomic E-state index is 12.2. The summed E-state index contributed by atoms with van der Waals surface area (Å²) in [5.41, 5.74) is 1.15. The van der Waals surface area contributed by atoms with Crippen molar-refractivity contribution < 1.29 is 19.1 Å². The van der Waals surface area contributed by atoms with Crippen molar-refractivity contribution in [3.05, 3.63) is 54.1 Å². The molecule has 0 fully saturated rings. The summed E-state index contributed by atoms with van der Waals surface area (Å²) in [5.74, 6) is 0.797. The SMILES string of the molecule is CCN(CC)CCNC(=O)c1ccc(NC(=O)COc2cccc(OC)c2)cc1. The van der Waals surface area contributed by atoms with Crippen LogP contribution in [0.4, 0.5) is 5.69 Å². The first-order valence-electron chi connectivity index (χ1n) is 9.73. The Morgan fingerprint density at radius 3 is 2.34 bits per heavy atom. The highest BCUT2D eigenvalue weighted by Crippen LogP contribution is 2.18. The highest BCUT2D eigenvalue weighted by atomic mass is 16.5. The van der Waals surface area contributed by atoms with E-state index in [1.54, 1.807) is 55.6 Å². The van der Waals surface area contributed by atoms with Gasteiger partial charge in [0.2, 0.25) is 0 Å². The fourth-order valence-corrected chi connectivity index (χ4v) is 2.71. The van der Waals surface area contributed by atoms with Gasteiger partial charge in [-0.15, -0.1) is 0 Å². The Bertz CT molecular complexity index is 789. The lowest BCUT2D eigenvalue weighted by Gasteiger charge is -2.18. The molecule has 7 heteroatoms. The number of amides is 2. The molecule has 0 bridgehead atoms. The van der Waals surface area contributed by atoms with Crippen molar-refractivity contribution in [3.8, 4) is 11.5 Å². The highest BCUT2D eigenvalue weighted by Gasteiger charge is 2.08. The first-order chi connectivity index (χ1) is 14.0. The van der Waals surface area contributed by atoms with Crippen LogP contribution in [0.2, 0.25) is 0 Å². The minimum atomic E-state index is -0.288. The molecule has 2 aromatic rings. The maximum atomic E-state index is 12.2. The molecule has 29 heavy (non-hydrogen) atoms. The van der Waals surface area contributed by atoms with Gasteiger partial charge in [-0.05, 0) is 49.5 Å². The summed E-state index contributed by atoms with van der Waals surface area (Å²) in [6, 6.07) is 13.8. The number of hydrogen-bond donors (Lipinski definition) is 2. The molecular weight excluding hydrogens is 370 g/mol. The van der Waals surface area contributed by atoms with Crippen LogP contribution < -0.4 is 20.1 Å². The Labute approximate surface area is 172 Å². The molecule has 2 N–H and O–H groups in total. The van der Waals surface area contributed by atoms with Crippen molar-refractivity contribution in [2.75, 3.05) is 45.2 Å². The first-order valence-corrected chi connectivity index (χ1v) is 9.73. The van der Waals surface area contributed by atoms with E-state index in [1.807, 2.05) is 0 Å². The molecule has 0 saturated heterocycles. The van der Waals surface area contributed by atoms with Gasteiger partial charge in [0, 0.05) is 30.4 Å². The monoisotopic (exact) mass is 399 g/mol. The summed E-state index contributed by atoms with van der Waals surface area (Å²) in [7, 11) is 1.57.